The third-order valence-corrected chi connectivity index (χ3v) is 6.10. The van der Waals surface area contributed by atoms with Crippen LogP contribution in [0.5, 0.6) is 0 Å². The van der Waals surface area contributed by atoms with Crippen LogP contribution in [0.1, 0.15) is 34.8 Å². The molecule has 7 heteroatoms. The number of methoxy groups -OCH3 is 1. The Hall–Kier alpha value is -2.25. The minimum absolute atomic E-state index is 0.177. The van der Waals surface area contributed by atoms with Gasteiger partial charge < -0.3 is 4.74 Å². The maximum atomic E-state index is 13.0. The lowest BCUT2D eigenvalue weighted by Gasteiger charge is -2.24. The molecule has 0 saturated carbocycles. The Bertz CT molecular complexity index is 819. The highest BCUT2D eigenvalue weighted by Gasteiger charge is 2.36. The summed E-state index contributed by atoms with van der Waals surface area (Å²) >= 11 is 0. The van der Waals surface area contributed by atoms with Crippen molar-refractivity contribution in [1.82, 2.24) is 9.29 Å². The zero-order valence-electron chi connectivity index (χ0n) is 13.3. The Kier molecular flexibility index (Phi) is 4.64. The van der Waals surface area contributed by atoms with Gasteiger partial charge >= 0.3 is 5.97 Å². The number of ether oxygens (including phenoxy) is 1. The van der Waals surface area contributed by atoms with Gasteiger partial charge in [-0.25, -0.2) is 13.2 Å². The van der Waals surface area contributed by atoms with Crippen LogP contribution in [0.4, 0.5) is 0 Å². The van der Waals surface area contributed by atoms with Gasteiger partial charge in [-0.05, 0) is 54.8 Å². The van der Waals surface area contributed by atoms with E-state index in [2.05, 4.69) is 9.72 Å². The number of carbonyl (C=O) groups excluding carboxylic acids is 1. The van der Waals surface area contributed by atoms with E-state index in [1.54, 1.807) is 12.4 Å². The number of benzene rings is 1. The maximum Gasteiger partial charge on any atom is 0.337 e. The zero-order chi connectivity index (χ0) is 17.2. The molecule has 1 atom stereocenters. The summed E-state index contributed by atoms with van der Waals surface area (Å²) in [6, 6.07) is 9.34. The average Bonchev–Trinajstić information content (AvgIpc) is 3.12. The number of pyridine rings is 1. The second-order valence-corrected chi connectivity index (χ2v) is 7.46. The van der Waals surface area contributed by atoms with Gasteiger partial charge in [-0.2, -0.15) is 4.31 Å². The van der Waals surface area contributed by atoms with Crippen LogP contribution in [0.3, 0.4) is 0 Å². The third-order valence-electron chi connectivity index (χ3n) is 4.18. The van der Waals surface area contributed by atoms with Gasteiger partial charge in [0.05, 0.1) is 23.6 Å². The van der Waals surface area contributed by atoms with Gasteiger partial charge in [0.2, 0.25) is 10.0 Å². The zero-order valence-corrected chi connectivity index (χ0v) is 14.1. The van der Waals surface area contributed by atoms with E-state index < -0.39 is 16.0 Å². The Morgan fingerprint density at radius 1 is 1.17 bits per heavy atom. The molecule has 0 radical (unpaired) electrons. The average molecular weight is 346 g/mol. The van der Waals surface area contributed by atoms with Crippen LogP contribution >= 0.6 is 0 Å². The Morgan fingerprint density at radius 2 is 1.83 bits per heavy atom. The normalized spacial score (nSPS) is 18.5. The summed E-state index contributed by atoms with van der Waals surface area (Å²) in [6.45, 7) is 0.480. The van der Waals surface area contributed by atoms with Crippen LogP contribution in [0.25, 0.3) is 0 Å². The first-order chi connectivity index (χ1) is 11.5. The van der Waals surface area contributed by atoms with Crippen LogP contribution in [-0.2, 0) is 14.8 Å². The summed E-state index contributed by atoms with van der Waals surface area (Å²) in [5.41, 5.74) is 1.26. The van der Waals surface area contributed by atoms with E-state index in [4.69, 9.17) is 0 Å². The van der Waals surface area contributed by atoms with E-state index in [0.717, 1.165) is 18.4 Å². The summed E-state index contributed by atoms with van der Waals surface area (Å²) in [4.78, 5) is 15.6. The third kappa shape index (κ3) is 3.05. The first-order valence-corrected chi connectivity index (χ1v) is 9.08. The van der Waals surface area contributed by atoms with Crippen molar-refractivity contribution < 1.29 is 17.9 Å². The number of carbonyl (C=O) groups is 1. The van der Waals surface area contributed by atoms with Crippen molar-refractivity contribution in [3.05, 3.63) is 59.9 Å². The molecule has 6 nitrogen and oxygen atoms in total. The molecule has 3 rings (SSSR count). The first kappa shape index (κ1) is 16.6. The van der Waals surface area contributed by atoms with Crippen LogP contribution in [0.2, 0.25) is 0 Å². The van der Waals surface area contributed by atoms with Crippen LogP contribution in [-0.4, -0.2) is 37.3 Å². The van der Waals surface area contributed by atoms with E-state index in [9.17, 15) is 13.2 Å². The first-order valence-electron chi connectivity index (χ1n) is 7.64. The summed E-state index contributed by atoms with van der Waals surface area (Å²) < 4.78 is 32.1. The second kappa shape index (κ2) is 6.70. The summed E-state index contributed by atoms with van der Waals surface area (Å²) in [6.07, 6.45) is 4.93. The van der Waals surface area contributed by atoms with Crippen LogP contribution in [0.15, 0.2) is 53.7 Å². The lowest BCUT2D eigenvalue weighted by atomic mass is 10.1. The maximum absolute atomic E-state index is 13.0. The van der Waals surface area contributed by atoms with Gasteiger partial charge in [0.1, 0.15) is 0 Å². The largest absolute Gasteiger partial charge is 0.465 e. The molecule has 0 unspecified atom stereocenters. The molecule has 0 aliphatic carbocycles. The van der Waals surface area contributed by atoms with E-state index in [0.29, 0.717) is 12.1 Å². The number of hydrogen-bond acceptors (Lipinski definition) is 5. The second-order valence-electron chi connectivity index (χ2n) is 5.57. The molecule has 0 amide bonds. The summed E-state index contributed by atoms with van der Waals surface area (Å²) in [5, 5.41) is 0. The Labute approximate surface area is 141 Å². The molecule has 0 spiro atoms. The van der Waals surface area contributed by atoms with Gasteiger partial charge in [-0.3, -0.25) is 4.98 Å². The minimum atomic E-state index is -3.62. The number of sulfonamides is 1. The van der Waals surface area contributed by atoms with Crippen LogP contribution in [0, 0.1) is 0 Å². The minimum Gasteiger partial charge on any atom is -0.465 e. The molecule has 2 heterocycles. The van der Waals surface area contributed by atoms with Crippen molar-refractivity contribution in [3.8, 4) is 0 Å². The quantitative estimate of drug-likeness (QED) is 0.795. The van der Waals surface area contributed by atoms with E-state index >= 15 is 0 Å². The molecule has 1 aliphatic rings. The molecule has 0 bridgehead atoms. The van der Waals surface area contributed by atoms with E-state index in [1.807, 2.05) is 12.1 Å². The number of nitrogens with zero attached hydrogens (tertiary/aromatic N) is 2. The molecule has 0 N–H and O–H groups in total. The van der Waals surface area contributed by atoms with Gasteiger partial charge in [-0.1, -0.05) is 0 Å². The molecule has 1 fully saturated rings. The van der Waals surface area contributed by atoms with Crippen molar-refractivity contribution in [2.24, 2.45) is 0 Å². The SMILES string of the molecule is COC(=O)c1ccc(S(=O)(=O)N2CCC[C@@H]2c2ccncc2)cc1. The van der Waals surface area contributed by atoms with Gasteiger partial charge in [0.25, 0.3) is 0 Å². The standard InChI is InChI=1S/C17H18N2O4S/c1-23-17(20)14-4-6-15(7-5-14)24(21,22)19-12-2-3-16(19)13-8-10-18-11-9-13/h4-11,16H,2-3,12H2,1H3/t16-/m1/s1. The predicted octanol–water partition coefficient (Wildman–Crippen LogP) is 2.39. The molecule has 1 saturated heterocycles. The van der Waals surface area contributed by atoms with Crippen molar-refractivity contribution >= 4 is 16.0 Å². The lowest BCUT2D eigenvalue weighted by molar-refractivity contribution is 0.0600. The van der Waals surface area contributed by atoms with Gasteiger partial charge in [-0.15, -0.1) is 0 Å². The number of rotatable bonds is 4. The Morgan fingerprint density at radius 3 is 2.46 bits per heavy atom. The predicted molar refractivity (Wildman–Crippen MR) is 87.9 cm³/mol. The van der Waals surface area contributed by atoms with Crippen molar-refractivity contribution in [1.29, 1.82) is 0 Å². The fourth-order valence-electron chi connectivity index (χ4n) is 2.96. The molecular weight excluding hydrogens is 328 g/mol. The van der Waals surface area contributed by atoms with E-state index in [-0.39, 0.29) is 10.9 Å². The van der Waals surface area contributed by atoms with Crippen LogP contribution < -0.4 is 0 Å². The fourth-order valence-corrected chi connectivity index (χ4v) is 4.65. The number of esters is 1. The van der Waals surface area contributed by atoms with E-state index in [1.165, 1.54) is 35.7 Å². The lowest BCUT2D eigenvalue weighted by Crippen LogP contribution is -2.30. The summed E-state index contributed by atoms with van der Waals surface area (Å²) in [7, 11) is -2.34. The fraction of sp³-hybridized carbons (Fsp3) is 0.294. The molecule has 1 aromatic heterocycles. The molecule has 126 valence electrons. The highest BCUT2D eigenvalue weighted by atomic mass is 32.2. The van der Waals surface area contributed by atoms with Gasteiger partial charge in [0.15, 0.2) is 0 Å². The van der Waals surface area contributed by atoms with Gasteiger partial charge in [0, 0.05) is 18.9 Å². The Balaban J connectivity index is 1.91. The topological polar surface area (TPSA) is 76.6 Å². The smallest absolute Gasteiger partial charge is 0.337 e. The monoisotopic (exact) mass is 346 g/mol. The van der Waals surface area contributed by atoms with Crippen molar-refractivity contribution in [2.45, 2.75) is 23.8 Å². The molecular formula is C17H18N2O4S. The molecule has 24 heavy (non-hydrogen) atoms. The summed E-state index contributed by atoms with van der Waals surface area (Å²) in [5.74, 6) is -0.491. The number of hydrogen-bond donors (Lipinski definition) is 0. The number of aromatic nitrogens is 1. The highest BCUT2D eigenvalue weighted by molar-refractivity contribution is 7.89. The molecule has 2 aromatic rings. The van der Waals surface area contributed by atoms with Crippen molar-refractivity contribution in [2.75, 3.05) is 13.7 Å². The van der Waals surface area contributed by atoms with Crippen molar-refractivity contribution in [3.63, 3.8) is 0 Å². The molecule has 1 aromatic carbocycles. The molecule has 1 aliphatic heterocycles. The highest BCUT2D eigenvalue weighted by Crippen LogP contribution is 2.36.